The molecule has 2 atom stereocenters. The molecule has 6 heteroatoms. The molecule has 2 amide bonds. The average Bonchev–Trinajstić information content (AvgIpc) is 2.64. The first-order chi connectivity index (χ1) is 12.1. The summed E-state index contributed by atoms with van der Waals surface area (Å²) in [5.74, 6) is -0.378. The van der Waals surface area contributed by atoms with Crippen LogP contribution < -0.4 is 10.6 Å². The Labute approximate surface area is 146 Å². The summed E-state index contributed by atoms with van der Waals surface area (Å²) in [6.45, 7) is 0.0644. The summed E-state index contributed by atoms with van der Waals surface area (Å²) < 4.78 is 12.9. The number of rotatable bonds is 8. The normalized spacial score (nSPS) is 13.1. The molecule has 0 aromatic heterocycles. The number of aliphatic hydroxyl groups excluding tert-OH is 2. The monoisotopic (exact) mass is 346 g/mol. The van der Waals surface area contributed by atoms with E-state index in [2.05, 4.69) is 10.6 Å². The van der Waals surface area contributed by atoms with Crippen LogP contribution in [0.25, 0.3) is 0 Å². The molecule has 0 bridgehead atoms. The molecule has 4 N–H and O–H groups in total. The fourth-order valence-electron chi connectivity index (χ4n) is 2.50. The van der Waals surface area contributed by atoms with Gasteiger partial charge in [0.05, 0.1) is 12.1 Å². The fraction of sp³-hybridized carbons (Fsp3) is 0.316. The van der Waals surface area contributed by atoms with E-state index in [0.717, 1.165) is 5.56 Å². The number of benzene rings is 2. The van der Waals surface area contributed by atoms with Gasteiger partial charge in [0.1, 0.15) is 5.82 Å². The Morgan fingerprint density at radius 1 is 1.04 bits per heavy atom. The van der Waals surface area contributed by atoms with E-state index in [-0.39, 0.29) is 25.0 Å². The van der Waals surface area contributed by atoms with Gasteiger partial charge in [-0.1, -0.05) is 42.5 Å². The largest absolute Gasteiger partial charge is 0.396 e. The number of carbonyl (C=O) groups is 1. The first kappa shape index (κ1) is 18.9. The summed E-state index contributed by atoms with van der Waals surface area (Å²) in [5.41, 5.74) is 1.48. The van der Waals surface area contributed by atoms with E-state index in [9.17, 15) is 14.3 Å². The summed E-state index contributed by atoms with van der Waals surface area (Å²) in [4.78, 5) is 12.1. The van der Waals surface area contributed by atoms with Crippen LogP contribution in [-0.2, 0) is 0 Å². The maximum atomic E-state index is 12.9. The third-order valence-corrected chi connectivity index (χ3v) is 3.87. The van der Waals surface area contributed by atoms with Crippen molar-refractivity contribution in [1.82, 2.24) is 10.6 Å². The van der Waals surface area contributed by atoms with Crippen molar-refractivity contribution < 1.29 is 19.4 Å². The minimum atomic E-state index is -0.918. The van der Waals surface area contributed by atoms with Crippen molar-refractivity contribution in [3.05, 3.63) is 71.5 Å². The minimum Gasteiger partial charge on any atom is -0.396 e. The molecule has 0 saturated carbocycles. The van der Waals surface area contributed by atoms with Crippen LogP contribution in [0.15, 0.2) is 54.6 Å². The smallest absolute Gasteiger partial charge is 0.315 e. The lowest BCUT2D eigenvalue weighted by molar-refractivity contribution is 0.172. The van der Waals surface area contributed by atoms with Crippen LogP contribution in [0.3, 0.4) is 0 Å². The van der Waals surface area contributed by atoms with Gasteiger partial charge in [-0.05, 0) is 36.1 Å². The molecule has 5 nitrogen and oxygen atoms in total. The van der Waals surface area contributed by atoms with Crippen LogP contribution in [0, 0.1) is 5.82 Å². The zero-order chi connectivity index (χ0) is 18.1. The number of hydrogen-bond acceptors (Lipinski definition) is 3. The second-order valence-electron chi connectivity index (χ2n) is 5.75. The average molecular weight is 346 g/mol. The van der Waals surface area contributed by atoms with Gasteiger partial charge in [0, 0.05) is 13.2 Å². The Hall–Kier alpha value is -2.44. The molecule has 2 aromatic rings. The van der Waals surface area contributed by atoms with Crippen LogP contribution in [0.5, 0.6) is 0 Å². The van der Waals surface area contributed by atoms with Crippen molar-refractivity contribution in [2.45, 2.75) is 25.0 Å². The Kier molecular flexibility index (Phi) is 7.37. The van der Waals surface area contributed by atoms with Crippen LogP contribution in [0.4, 0.5) is 9.18 Å². The molecule has 134 valence electrons. The van der Waals surface area contributed by atoms with Gasteiger partial charge in [0.15, 0.2) is 0 Å². The molecule has 0 heterocycles. The van der Waals surface area contributed by atoms with Crippen molar-refractivity contribution in [2.24, 2.45) is 0 Å². The van der Waals surface area contributed by atoms with Crippen molar-refractivity contribution in [3.8, 4) is 0 Å². The number of hydrogen-bond donors (Lipinski definition) is 4. The highest BCUT2D eigenvalue weighted by Gasteiger charge is 2.15. The number of aliphatic hydroxyl groups is 2. The highest BCUT2D eigenvalue weighted by molar-refractivity contribution is 5.74. The Morgan fingerprint density at radius 2 is 1.72 bits per heavy atom. The molecule has 0 spiro atoms. The second kappa shape index (κ2) is 9.76. The topological polar surface area (TPSA) is 81.6 Å². The first-order valence-electron chi connectivity index (χ1n) is 8.24. The second-order valence-corrected chi connectivity index (χ2v) is 5.75. The van der Waals surface area contributed by atoms with Crippen molar-refractivity contribution in [2.75, 3.05) is 13.2 Å². The zero-order valence-corrected chi connectivity index (χ0v) is 13.9. The lowest BCUT2D eigenvalue weighted by Gasteiger charge is -2.20. The van der Waals surface area contributed by atoms with Crippen molar-refractivity contribution in [3.63, 3.8) is 0 Å². The molecule has 2 rings (SSSR count). The summed E-state index contributed by atoms with van der Waals surface area (Å²) in [5, 5.41) is 24.6. The molecule has 0 aliphatic rings. The predicted octanol–water partition coefficient (Wildman–Crippen LogP) is 2.67. The first-order valence-corrected chi connectivity index (χ1v) is 8.24. The fourth-order valence-corrected chi connectivity index (χ4v) is 2.50. The summed E-state index contributed by atoms with van der Waals surface area (Å²) in [6.07, 6.45) is 0.255. The molecule has 2 aromatic carbocycles. The number of amides is 2. The predicted molar refractivity (Wildman–Crippen MR) is 93.4 cm³/mol. The van der Waals surface area contributed by atoms with E-state index in [1.54, 1.807) is 0 Å². The van der Waals surface area contributed by atoms with E-state index >= 15 is 0 Å². The highest BCUT2D eigenvalue weighted by Crippen LogP contribution is 2.18. The molecule has 0 saturated heterocycles. The Bertz CT molecular complexity index is 649. The van der Waals surface area contributed by atoms with E-state index in [0.29, 0.717) is 18.4 Å². The van der Waals surface area contributed by atoms with Gasteiger partial charge in [-0.3, -0.25) is 0 Å². The van der Waals surface area contributed by atoms with E-state index in [4.69, 9.17) is 5.11 Å². The lowest BCUT2D eigenvalue weighted by atomic mass is 10.0. The van der Waals surface area contributed by atoms with Gasteiger partial charge in [0.2, 0.25) is 0 Å². The number of nitrogens with one attached hydrogen (secondary N) is 2. The van der Waals surface area contributed by atoms with Gasteiger partial charge >= 0.3 is 6.03 Å². The molecular formula is C19H23FN2O3. The molecule has 0 aliphatic heterocycles. The Balaban J connectivity index is 1.88. The van der Waals surface area contributed by atoms with Gasteiger partial charge in [-0.2, -0.15) is 0 Å². The molecule has 0 fully saturated rings. The van der Waals surface area contributed by atoms with Crippen molar-refractivity contribution in [1.29, 1.82) is 0 Å². The number of carbonyl (C=O) groups excluding carboxylic acids is 1. The molecule has 2 unspecified atom stereocenters. The number of halogens is 1. The zero-order valence-electron chi connectivity index (χ0n) is 13.9. The third kappa shape index (κ3) is 6.17. The summed E-state index contributed by atoms with van der Waals surface area (Å²) in [6, 6.07) is 14.3. The quantitative estimate of drug-likeness (QED) is 0.593. The van der Waals surface area contributed by atoms with E-state index in [1.807, 2.05) is 30.3 Å². The van der Waals surface area contributed by atoms with E-state index < -0.39 is 12.1 Å². The van der Waals surface area contributed by atoms with Gasteiger partial charge in [-0.15, -0.1) is 0 Å². The minimum absolute atomic E-state index is 0.0129. The maximum Gasteiger partial charge on any atom is 0.315 e. The maximum absolute atomic E-state index is 12.9. The summed E-state index contributed by atoms with van der Waals surface area (Å²) in [7, 11) is 0. The summed E-state index contributed by atoms with van der Waals surface area (Å²) >= 11 is 0. The van der Waals surface area contributed by atoms with Crippen LogP contribution >= 0.6 is 0 Å². The van der Waals surface area contributed by atoms with Gasteiger partial charge in [-0.25, -0.2) is 9.18 Å². The van der Waals surface area contributed by atoms with Crippen molar-refractivity contribution >= 4 is 6.03 Å². The SMILES string of the molecule is O=C(NCC(O)c1ccc(F)cc1)NC(CCCO)c1ccccc1. The Morgan fingerprint density at radius 3 is 2.36 bits per heavy atom. The molecule has 25 heavy (non-hydrogen) atoms. The standard InChI is InChI=1S/C19H23FN2O3/c20-16-10-8-15(9-11-16)18(24)13-21-19(25)22-17(7-4-12-23)14-5-2-1-3-6-14/h1-3,5-6,8-11,17-18,23-24H,4,7,12-13H2,(H2,21,22,25). The van der Waals surface area contributed by atoms with Gasteiger partial charge < -0.3 is 20.8 Å². The highest BCUT2D eigenvalue weighted by atomic mass is 19.1. The number of urea groups is 1. The molecule has 0 radical (unpaired) electrons. The van der Waals surface area contributed by atoms with E-state index in [1.165, 1.54) is 24.3 Å². The van der Waals surface area contributed by atoms with Crippen LogP contribution in [0.2, 0.25) is 0 Å². The van der Waals surface area contributed by atoms with Crippen LogP contribution in [-0.4, -0.2) is 29.4 Å². The molecular weight excluding hydrogens is 323 g/mol. The van der Waals surface area contributed by atoms with Crippen LogP contribution in [0.1, 0.15) is 36.1 Å². The molecule has 0 aliphatic carbocycles. The third-order valence-electron chi connectivity index (χ3n) is 3.87. The van der Waals surface area contributed by atoms with Gasteiger partial charge in [0.25, 0.3) is 0 Å². The lowest BCUT2D eigenvalue weighted by Crippen LogP contribution is -2.40.